The minimum Gasteiger partial charge on any atom is -0.465 e. The minimum atomic E-state index is -0.393. The third kappa shape index (κ3) is 4.57. The quantitative estimate of drug-likeness (QED) is 0.586. The summed E-state index contributed by atoms with van der Waals surface area (Å²) in [5, 5.41) is 0. The van der Waals surface area contributed by atoms with E-state index in [1.165, 1.54) is 25.3 Å². The van der Waals surface area contributed by atoms with Gasteiger partial charge in [0.05, 0.1) is 12.7 Å². The summed E-state index contributed by atoms with van der Waals surface area (Å²) in [5.41, 5.74) is 2.19. The molecule has 5 heteroatoms. The number of esters is 1. The van der Waals surface area contributed by atoms with Crippen molar-refractivity contribution in [3.05, 3.63) is 77.1 Å². The molecule has 1 fully saturated rings. The Morgan fingerprint density at radius 2 is 1.77 bits per heavy atom. The molecule has 134 valence electrons. The Kier molecular flexibility index (Phi) is 5.46. The van der Waals surface area contributed by atoms with Gasteiger partial charge in [-0.3, -0.25) is 4.79 Å². The monoisotopic (exact) mass is 353 g/mol. The Balaban J connectivity index is 1.66. The average molecular weight is 353 g/mol. The van der Waals surface area contributed by atoms with Crippen molar-refractivity contribution in [3.8, 4) is 0 Å². The lowest BCUT2D eigenvalue weighted by atomic mass is 10.1. The summed E-state index contributed by atoms with van der Waals surface area (Å²) < 4.78 is 17.7. The maximum Gasteiger partial charge on any atom is 0.337 e. The Bertz CT molecular complexity index is 808. The smallest absolute Gasteiger partial charge is 0.337 e. The van der Waals surface area contributed by atoms with Crippen LogP contribution >= 0.6 is 0 Å². The van der Waals surface area contributed by atoms with Crippen LogP contribution in [0.4, 0.5) is 4.39 Å². The van der Waals surface area contributed by atoms with Gasteiger partial charge in [0, 0.05) is 18.7 Å². The van der Waals surface area contributed by atoms with Gasteiger partial charge in [-0.15, -0.1) is 0 Å². The summed E-state index contributed by atoms with van der Waals surface area (Å²) in [6, 6.07) is 13.3. The largest absolute Gasteiger partial charge is 0.465 e. The SMILES string of the molecule is COC(=O)c1ccc(/C=C/C(=O)N(Cc2ccc(F)cc2)C2CC2)cc1. The highest BCUT2D eigenvalue weighted by atomic mass is 19.1. The lowest BCUT2D eigenvalue weighted by Crippen LogP contribution is -2.31. The number of ether oxygens (including phenoxy) is 1. The van der Waals surface area contributed by atoms with E-state index in [0.29, 0.717) is 12.1 Å². The second-order valence-electron chi connectivity index (χ2n) is 6.27. The highest BCUT2D eigenvalue weighted by Gasteiger charge is 2.31. The molecule has 0 aromatic heterocycles. The normalized spacial score (nSPS) is 13.6. The van der Waals surface area contributed by atoms with E-state index in [1.54, 1.807) is 42.5 Å². The number of hydrogen-bond acceptors (Lipinski definition) is 3. The van der Waals surface area contributed by atoms with Gasteiger partial charge in [-0.2, -0.15) is 0 Å². The van der Waals surface area contributed by atoms with E-state index in [2.05, 4.69) is 4.74 Å². The molecule has 0 saturated heterocycles. The van der Waals surface area contributed by atoms with Gasteiger partial charge < -0.3 is 9.64 Å². The zero-order valence-electron chi connectivity index (χ0n) is 14.5. The van der Waals surface area contributed by atoms with Crippen LogP contribution < -0.4 is 0 Å². The second-order valence-corrected chi connectivity index (χ2v) is 6.27. The highest BCUT2D eigenvalue weighted by molar-refractivity contribution is 5.93. The first-order chi connectivity index (χ1) is 12.6. The summed E-state index contributed by atoms with van der Waals surface area (Å²) in [5.74, 6) is -0.752. The molecule has 3 rings (SSSR count). The molecule has 0 bridgehead atoms. The maximum absolute atomic E-state index is 13.0. The van der Waals surface area contributed by atoms with Crippen LogP contribution in [0.15, 0.2) is 54.6 Å². The van der Waals surface area contributed by atoms with E-state index in [1.807, 2.05) is 4.90 Å². The molecule has 0 N–H and O–H groups in total. The molecule has 1 aliphatic carbocycles. The molecule has 1 amide bonds. The second kappa shape index (κ2) is 7.95. The van der Waals surface area contributed by atoms with Crippen molar-refractivity contribution in [2.24, 2.45) is 0 Å². The van der Waals surface area contributed by atoms with Crippen molar-refractivity contribution in [3.63, 3.8) is 0 Å². The standard InChI is InChI=1S/C21H20FNO3/c1-26-21(25)17-7-2-15(3-8-17)6-13-20(24)23(19-11-12-19)14-16-4-9-18(22)10-5-16/h2-10,13,19H,11-12,14H2,1H3/b13-6+. The van der Waals surface area contributed by atoms with E-state index < -0.39 is 5.97 Å². The van der Waals surface area contributed by atoms with E-state index in [9.17, 15) is 14.0 Å². The van der Waals surface area contributed by atoms with Gasteiger partial charge in [-0.25, -0.2) is 9.18 Å². The van der Waals surface area contributed by atoms with Crippen molar-refractivity contribution >= 4 is 18.0 Å². The summed E-state index contributed by atoms with van der Waals surface area (Å²) in [4.78, 5) is 25.8. The van der Waals surface area contributed by atoms with Gasteiger partial charge in [-0.05, 0) is 54.3 Å². The summed E-state index contributed by atoms with van der Waals surface area (Å²) in [7, 11) is 1.34. The van der Waals surface area contributed by atoms with Crippen LogP contribution in [-0.4, -0.2) is 29.9 Å². The molecule has 0 spiro atoms. The molecule has 0 atom stereocenters. The Morgan fingerprint density at radius 3 is 2.35 bits per heavy atom. The number of nitrogens with zero attached hydrogens (tertiary/aromatic N) is 1. The molecule has 0 radical (unpaired) electrons. The third-order valence-corrected chi connectivity index (χ3v) is 4.29. The fourth-order valence-electron chi connectivity index (χ4n) is 2.67. The molecular weight excluding hydrogens is 333 g/mol. The van der Waals surface area contributed by atoms with Crippen LogP contribution in [0.1, 0.15) is 34.3 Å². The van der Waals surface area contributed by atoms with Crippen molar-refractivity contribution in [2.75, 3.05) is 7.11 Å². The number of rotatable bonds is 6. The number of hydrogen-bond donors (Lipinski definition) is 0. The van der Waals surface area contributed by atoms with E-state index >= 15 is 0 Å². The predicted molar refractivity (Wildman–Crippen MR) is 96.8 cm³/mol. The molecule has 1 aliphatic rings. The Labute approximate surface area is 151 Å². The molecule has 2 aromatic rings. The zero-order chi connectivity index (χ0) is 18.5. The van der Waals surface area contributed by atoms with Crippen molar-refractivity contribution in [1.82, 2.24) is 4.90 Å². The van der Waals surface area contributed by atoms with E-state index in [-0.39, 0.29) is 17.8 Å². The van der Waals surface area contributed by atoms with Crippen LogP contribution in [-0.2, 0) is 16.1 Å². The summed E-state index contributed by atoms with van der Waals surface area (Å²) in [6.07, 6.45) is 5.25. The fourth-order valence-corrected chi connectivity index (χ4v) is 2.67. The van der Waals surface area contributed by atoms with Crippen molar-refractivity contribution < 1.29 is 18.7 Å². The molecule has 1 saturated carbocycles. The minimum absolute atomic E-state index is 0.0751. The molecule has 0 unspecified atom stereocenters. The number of halogens is 1. The molecule has 0 heterocycles. The topological polar surface area (TPSA) is 46.6 Å². The first-order valence-corrected chi connectivity index (χ1v) is 8.48. The molecule has 2 aromatic carbocycles. The van der Waals surface area contributed by atoms with Crippen molar-refractivity contribution in [1.29, 1.82) is 0 Å². The van der Waals surface area contributed by atoms with Crippen LogP contribution in [0.25, 0.3) is 6.08 Å². The number of methoxy groups -OCH3 is 1. The van der Waals surface area contributed by atoms with Gasteiger partial charge in [0.1, 0.15) is 5.82 Å². The van der Waals surface area contributed by atoms with Crippen molar-refractivity contribution in [2.45, 2.75) is 25.4 Å². The molecular formula is C21H20FNO3. The average Bonchev–Trinajstić information content (AvgIpc) is 3.50. The number of carbonyl (C=O) groups is 2. The predicted octanol–water partition coefficient (Wildman–Crippen LogP) is 3.82. The van der Waals surface area contributed by atoms with Gasteiger partial charge in [0.25, 0.3) is 0 Å². The lowest BCUT2D eigenvalue weighted by Gasteiger charge is -2.21. The summed E-state index contributed by atoms with van der Waals surface area (Å²) in [6.45, 7) is 0.468. The first kappa shape index (κ1) is 17.9. The van der Waals surface area contributed by atoms with E-state index in [0.717, 1.165) is 24.0 Å². The fraction of sp³-hybridized carbons (Fsp3) is 0.238. The molecule has 0 aliphatic heterocycles. The zero-order valence-corrected chi connectivity index (χ0v) is 14.5. The number of amides is 1. The molecule has 4 nitrogen and oxygen atoms in total. The highest BCUT2D eigenvalue weighted by Crippen LogP contribution is 2.28. The Morgan fingerprint density at radius 1 is 1.12 bits per heavy atom. The van der Waals surface area contributed by atoms with E-state index in [4.69, 9.17) is 0 Å². The van der Waals surface area contributed by atoms with Crippen LogP contribution in [0.5, 0.6) is 0 Å². The maximum atomic E-state index is 13.0. The molecule has 26 heavy (non-hydrogen) atoms. The van der Waals surface area contributed by atoms with Gasteiger partial charge in [0.2, 0.25) is 5.91 Å². The first-order valence-electron chi connectivity index (χ1n) is 8.48. The third-order valence-electron chi connectivity index (χ3n) is 4.29. The number of benzene rings is 2. The number of carbonyl (C=O) groups excluding carboxylic acids is 2. The Hall–Kier alpha value is -2.95. The van der Waals surface area contributed by atoms with Crippen LogP contribution in [0.3, 0.4) is 0 Å². The van der Waals surface area contributed by atoms with Crippen LogP contribution in [0, 0.1) is 5.82 Å². The van der Waals surface area contributed by atoms with Gasteiger partial charge in [-0.1, -0.05) is 24.3 Å². The van der Waals surface area contributed by atoms with Crippen LogP contribution in [0.2, 0.25) is 0 Å². The lowest BCUT2D eigenvalue weighted by molar-refractivity contribution is -0.127. The van der Waals surface area contributed by atoms with Gasteiger partial charge >= 0.3 is 5.97 Å². The summed E-state index contributed by atoms with van der Waals surface area (Å²) >= 11 is 0. The van der Waals surface area contributed by atoms with Gasteiger partial charge in [0.15, 0.2) is 0 Å².